The van der Waals surface area contributed by atoms with Crippen LogP contribution in [0.15, 0.2) is 59.5 Å². The predicted octanol–water partition coefficient (Wildman–Crippen LogP) is 3.71. The first-order valence-electron chi connectivity index (χ1n) is 8.83. The molecule has 0 unspecified atom stereocenters. The summed E-state index contributed by atoms with van der Waals surface area (Å²) < 4.78 is 6.36. The van der Waals surface area contributed by atoms with Gasteiger partial charge in [-0.25, -0.2) is 4.79 Å². The minimum atomic E-state index is -1.34. The van der Waals surface area contributed by atoms with Crippen molar-refractivity contribution in [3.63, 3.8) is 0 Å². The Labute approximate surface area is 162 Å². The molecule has 1 aromatic heterocycles. The van der Waals surface area contributed by atoms with Gasteiger partial charge in [0.05, 0.1) is 0 Å². The van der Waals surface area contributed by atoms with E-state index in [1.54, 1.807) is 20.8 Å². The Morgan fingerprint density at radius 1 is 1.07 bits per heavy atom. The number of esters is 1. The highest BCUT2D eigenvalue weighted by Gasteiger charge is 2.20. The third-order valence-electron chi connectivity index (χ3n) is 4.14. The van der Waals surface area contributed by atoms with Crippen LogP contribution in [0.2, 0.25) is 0 Å². The summed E-state index contributed by atoms with van der Waals surface area (Å²) in [6.45, 7) is 4.81. The Morgan fingerprint density at radius 2 is 1.75 bits per heavy atom. The minimum Gasteiger partial charge on any atom is -0.477 e. The Balaban J connectivity index is 2.15. The van der Waals surface area contributed by atoms with E-state index in [2.05, 4.69) is 0 Å². The molecule has 0 spiro atoms. The van der Waals surface area contributed by atoms with Gasteiger partial charge in [-0.2, -0.15) is 0 Å². The first-order valence-corrected chi connectivity index (χ1v) is 8.83. The number of rotatable bonds is 4. The van der Waals surface area contributed by atoms with Crippen molar-refractivity contribution in [3.05, 3.63) is 70.6 Å². The molecule has 6 nitrogen and oxygen atoms in total. The summed E-state index contributed by atoms with van der Waals surface area (Å²) in [5.74, 6) is -1.95. The lowest BCUT2D eigenvalue weighted by Crippen LogP contribution is -2.32. The molecule has 0 saturated heterocycles. The fraction of sp³-hybridized carbons (Fsp3) is 0.227. The number of ether oxygens (including phenoxy) is 1. The molecule has 0 fully saturated rings. The largest absolute Gasteiger partial charge is 0.477 e. The lowest BCUT2D eigenvalue weighted by atomic mass is 9.98. The monoisotopic (exact) mass is 379 g/mol. The van der Waals surface area contributed by atoms with Crippen molar-refractivity contribution in [2.24, 2.45) is 0 Å². The van der Waals surface area contributed by atoms with Crippen molar-refractivity contribution < 1.29 is 19.4 Å². The number of hydrogen-bond donors (Lipinski definition) is 1. The maximum absolute atomic E-state index is 12.5. The van der Waals surface area contributed by atoms with Crippen molar-refractivity contribution in [1.82, 2.24) is 4.57 Å². The van der Waals surface area contributed by atoms with Crippen LogP contribution in [-0.4, -0.2) is 27.2 Å². The van der Waals surface area contributed by atoms with Crippen LogP contribution in [0.4, 0.5) is 0 Å². The highest BCUT2D eigenvalue weighted by molar-refractivity contribution is 5.98. The molecule has 3 aromatic rings. The standard InChI is InChI=1S/C22H21NO5/c1-22(2,3)28-19(24)13-23-12-15(11-18(20(23)25)21(26)27)17-10-6-8-14-7-4-5-9-16(14)17/h4-12H,13H2,1-3H3,(H,26,27). The summed E-state index contributed by atoms with van der Waals surface area (Å²) >= 11 is 0. The van der Waals surface area contributed by atoms with Crippen molar-refractivity contribution in [1.29, 1.82) is 0 Å². The average Bonchev–Trinajstić information content (AvgIpc) is 2.61. The van der Waals surface area contributed by atoms with E-state index in [9.17, 15) is 19.5 Å². The molecule has 2 aromatic carbocycles. The van der Waals surface area contributed by atoms with Gasteiger partial charge in [0, 0.05) is 6.20 Å². The van der Waals surface area contributed by atoms with E-state index in [-0.39, 0.29) is 6.54 Å². The van der Waals surface area contributed by atoms with Crippen LogP contribution in [0.25, 0.3) is 21.9 Å². The molecule has 144 valence electrons. The number of benzene rings is 2. The number of nitrogens with zero attached hydrogens (tertiary/aromatic N) is 1. The average molecular weight is 379 g/mol. The second-order valence-electron chi connectivity index (χ2n) is 7.49. The molecule has 0 aliphatic heterocycles. The first kappa shape index (κ1) is 19.4. The number of fused-ring (bicyclic) bond motifs is 1. The van der Waals surface area contributed by atoms with Crippen LogP contribution in [0.5, 0.6) is 0 Å². The first-order chi connectivity index (χ1) is 13.2. The second kappa shape index (κ2) is 7.31. The Morgan fingerprint density at radius 3 is 2.43 bits per heavy atom. The maximum atomic E-state index is 12.5. The summed E-state index contributed by atoms with van der Waals surface area (Å²) in [4.78, 5) is 36.3. The van der Waals surface area contributed by atoms with Crippen LogP contribution < -0.4 is 5.56 Å². The van der Waals surface area contributed by atoms with Gasteiger partial charge in [-0.3, -0.25) is 9.59 Å². The summed E-state index contributed by atoms with van der Waals surface area (Å²) in [6, 6.07) is 14.7. The van der Waals surface area contributed by atoms with E-state index in [1.807, 2.05) is 42.5 Å². The van der Waals surface area contributed by atoms with Crippen molar-refractivity contribution in [2.45, 2.75) is 32.9 Å². The molecule has 0 amide bonds. The zero-order chi connectivity index (χ0) is 20.5. The normalized spacial score (nSPS) is 11.4. The lowest BCUT2D eigenvalue weighted by molar-refractivity contribution is -0.155. The molecule has 0 aliphatic rings. The Hall–Kier alpha value is -3.41. The molecule has 0 aliphatic carbocycles. The molecule has 1 N–H and O–H groups in total. The van der Waals surface area contributed by atoms with Crippen molar-refractivity contribution >= 4 is 22.7 Å². The molecular weight excluding hydrogens is 358 g/mol. The fourth-order valence-corrected chi connectivity index (χ4v) is 3.04. The van der Waals surface area contributed by atoms with Crippen molar-refractivity contribution in [3.8, 4) is 11.1 Å². The predicted molar refractivity (Wildman–Crippen MR) is 106 cm³/mol. The number of carboxylic acids is 1. The quantitative estimate of drug-likeness (QED) is 0.699. The smallest absolute Gasteiger partial charge is 0.341 e. The number of hydrogen-bond acceptors (Lipinski definition) is 4. The van der Waals surface area contributed by atoms with Crippen LogP contribution in [0.1, 0.15) is 31.1 Å². The number of aromatic carboxylic acids is 1. The summed E-state index contributed by atoms with van der Waals surface area (Å²) in [5, 5.41) is 11.4. The maximum Gasteiger partial charge on any atom is 0.341 e. The van der Waals surface area contributed by atoms with Gasteiger partial charge >= 0.3 is 11.9 Å². The van der Waals surface area contributed by atoms with Gasteiger partial charge in [-0.05, 0) is 48.7 Å². The third-order valence-corrected chi connectivity index (χ3v) is 4.14. The second-order valence-corrected chi connectivity index (χ2v) is 7.49. The number of aromatic nitrogens is 1. The van der Waals surface area contributed by atoms with Gasteiger partial charge in [-0.15, -0.1) is 0 Å². The van der Waals surface area contributed by atoms with Crippen LogP contribution in [-0.2, 0) is 16.1 Å². The fourth-order valence-electron chi connectivity index (χ4n) is 3.04. The molecular formula is C22H21NO5. The Bertz CT molecular complexity index is 1120. The zero-order valence-corrected chi connectivity index (χ0v) is 15.9. The van der Waals surface area contributed by atoms with E-state index in [4.69, 9.17) is 4.74 Å². The summed E-state index contributed by atoms with van der Waals surface area (Å²) in [5.41, 5.74) is -0.531. The van der Waals surface area contributed by atoms with E-state index in [1.165, 1.54) is 12.3 Å². The number of carboxylic acid groups (broad SMARTS) is 1. The van der Waals surface area contributed by atoms with Gasteiger partial charge in [0.2, 0.25) is 0 Å². The summed E-state index contributed by atoms with van der Waals surface area (Å²) in [7, 11) is 0. The van der Waals surface area contributed by atoms with Crippen LogP contribution in [0.3, 0.4) is 0 Å². The van der Waals surface area contributed by atoms with E-state index in [0.29, 0.717) is 5.56 Å². The molecule has 6 heteroatoms. The molecule has 1 heterocycles. The van der Waals surface area contributed by atoms with Crippen molar-refractivity contribution in [2.75, 3.05) is 0 Å². The Kier molecular flexibility index (Phi) is 5.05. The number of carbonyl (C=O) groups excluding carboxylic acids is 1. The van der Waals surface area contributed by atoms with Gasteiger partial charge in [0.25, 0.3) is 5.56 Å². The van der Waals surface area contributed by atoms with Gasteiger partial charge in [0.1, 0.15) is 17.7 Å². The summed E-state index contributed by atoms with van der Waals surface area (Å²) in [6.07, 6.45) is 1.50. The number of pyridine rings is 1. The van der Waals surface area contributed by atoms with Crippen LogP contribution >= 0.6 is 0 Å². The topological polar surface area (TPSA) is 85.6 Å². The molecule has 3 rings (SSSR count). The number of carbonyl (C=O) groups is 2. The molecule has 0 saturated carbocycles. The highest BCUT2D eigenvalue weighted by Crippen LogP contribution is 2.28. The molecule has 0 radical (unpaired) electrons. The van der Waals surface area contributed by atoms with Gasteiger partial charge in [-0.1, -0.05) is 42.5 Å². The minimum absolute atomic E-state index is 0.366. The third kappa shape index (κ3) is 4.11. The van der Waals surface area contributed by atoms with Gasteiger partial charge < -0.3 is 14.4 Å². The molecule has 0 atom stereocenters. The highest BCUT2D eigenvalue weighted by atomic mass is 16.6. The molecule has 28 heavy (non-hydrogen) atoms. The van der Waals surface area contributed by atoms with Crippen LogP contribution in [0, 0.1) is 0 Å². The molecule has 0 bridgehead atoms. The lowest BCUT2D eigenvalue weighted by Gasteiger charge is -2.20. The van der Waals surface area contributed by atoms with E-state index >= 15 is 0 Å². The SMILES string of the molecule is CC(C)(C)OC(=O)Cn1cc(-c2cccc3ccccc23)cc(C(=O)O)c1=O. The zero-order valence-electron chi connectivity index (χ0n) is 15.9. The van der Waals surface area contributed by atoms with Gasteiger partial charge in [0.15, 0.2) is 0 Å². The van der Waals surface area contributed by atoms with E-state index in [0.717, 1.165) is 20.9 Å². The van der Waals surface area contributed by atoms with E-state index < -0.39 is 28.7 Å².